The smallest absolute Gasteiger partial charge is 0.217 e. The van der Waals surface area contributed by atoms with Crippen molar-refractivity contribution in [1.29, 1.82) is 0 Å². The standard InChI is InChI=1S/C18H22N6O/c1-12-13(2)23(9-6-8-22(3)4)17-15(12)18-20-16(14-7-5-10-25-14)21-24(18)11-19-17/h5,7,10-11H,6,8-9H2,1-4H3/p+1. The number of rotatable bonds is 5. The Hall–Kier alpha value is -2.67. The molecule has 0 bridgehead atoms. The molecule has 25 heavy (non-hydrogen) atoms. The molecule has 4 aromatic heterocycles. The first-order valence-electron chi connectivity index (χ1n) is 8.60. The number of hydrogen-bond acceptors (Lipinski definition) is 4. The van der Waals surface area contributed by atoms with Gasteiger partial charge in [0.2, 0.25) is 5.82 Å². The fraction of sp³-hybridized carbons (Fsp3) is 0.389. The molecule has 4 rings (SSSR count). The van der Waals surface area contributed by atoms with E-state index in [0.29, 0.717) is 11.6 Å². The Balaban J connectivity index is 1.84. The Morgan fingerprint density at radius 2 is 2.04 bits per heavy atom. The number of furan rings is 1. The minimum atomic E-state index is 0.584. The fourth-order valence-corrected chi connectivity index (χ4v) is 3.30. The number of hydrogen-bond donors (Lipinski definition) is 1. The van der Waals surface area contributed by atoms with Gasteiger partial charge in [0.15, 0.2) is 11.4 Å². The van der Waals surface area contributed by atoms with Gasteiger partial charge in [0.25, 0.3) is 0 Å². The minimum absolute atomic E-state index is 0.584. The summed E-state index contributed by atoms with van der Waals surface area (Å²) < 4.78 is 9.47. The van der Waals surface area contributed by atoms with Crippen molar-refractivity contribution in [2.45, 2.75) is 26.8 Å². The Bertz CT molecular complexity index is 1030. The maximum Gasteiger partial charge on any atom is 0.217 e. The third-order valence-corrected chi connectivity index (χ3v) is 4.75. The van der Waals surface area contributed by atoms with E-state index in [1.165, 1.54) is 16.2 Å². The van der Waals surface area contributed by atoms with Gasteiger partial charge in [0, 0.05) is 18.7 Å². The summed E-state index contributed by atoms with van der Waals surface area (Å²) in [6, 6.07) is 3.71. The molecule has 0 amide bonds. The van der Waals surface area contributed by atoms with Crippen LogP contribution >= 0.6 is 0 Å². The molecule has 0 saturated heterocycles. The molecule has 0 aliphatic heterocycles. The predicted molar refractivity (Wildman–Crippen MR) is 95.7 cm³/mol. The molecular weight excluding hydrogens is 316 g/mol. The van der Waals surface area contributed by atoms with Gasteiger partial charge in [-0.1, -0.05) is 0 Å². The lowest BCUT2D eigenvalue weighted by atomic mass is 10.2. The van der Waals surface area contributed by atoms with Crippen LogP contribution in [-0.4, -0.2) is 44.8 Å². The molecule has 7 nitrogen and oxygen atoms in total. The second kappa shape index (κ2) is 6.00. The van der Waals surface area contributed by atoms with Gasteiger partial charge < -0.3 is 13.9 Å². The van der Waals surface area contributed by atoms with E-state index in [-0.39, 0.29) is 0 Å². The molecule has 0 saturated carbocycles. The van der Waals surface area contributed by atoms with Gasteiger partial charge in [-0.15, -0.1) is 5.10 Å². The Morgan fingerprint density at radius 1 is 1.20 bits per heavy atom. The van der Waals surface area contributed by atoms with Crippen LogP contribution in [0.25, 0.3) is 28.3 Å². The van der Waals surface area contributed by atoms with Crippen LogP contribution < -0.4 is 4.90 Å². The number of nitrogens with zero attached hydrogens (tertiary/aromatic N) is 5. The molecule has 1 N–H and O–H groups in total. The summed E-state index contributed by atoms with van der Waals surface area (Å²) in [5.41, 5.74) is 4.26. The third-order valence-electron chi connectivity index (χ3n) is 4.75. The largest absolute Gasteiger partial charge is 0.461 e. The highest BCUT2D eigenvalue weighted by Crippen LogP contribution is 2.28. The van der Waals surface area contributed by atoms with Crippen LogP contribution in [0, 0.1) is 13.8 Å². The van der Waals surface area contributed by atoms with Gasteiger partial charge in [-0.2, -0.15) is 0 Å². The van der Waals surface area contributed by atoms with Gasteiger partial charge in [-0.05, 0) is 31.5 Å². The summed E-state index contributed by atoms with van der Waals surface area (Å²) in [5.74, 6) is 1.25. The van der Waals surface area contributed by atoms with Crippen molar-refractivity contribution >= 4 is 16.7 Å². The summed E-state index contributed by atoms with van der Waals surface area (Å²) in [5, 5.41) is 5.58. The van der Waals surface area contributed by atoms with Gasteiger partial charge in [-0.3, -0.25) is 0 Å². The van der Waals surface area contributed by atoms with Crippen molar-refractivity contribution in [2.75, 3.05) is 20.6 Å². The van der Waals surface area contributed by atoms with Crippen LogP contribution in [0.3, 0.4) is 0 Å². The highest BCUT2D eigenvalue weighted by Gasteiger charge is 2.19. The lowest BCUT2D eigenvalue weighted by Crippen LogP contribution is -3.05. The zero-order valence-corrected chi connectivity index (χ0v) is 15.1. The van der Waals surface area contributed by atoms with Crippen molar-refractivity contribution in [3.63, 3.8) is 0 Å². The van der Waals surface area contributed by atoms with E-state index >= 15 is 0 Å². The van der Waals surface area contributed by atoms with Gasteiger partial charge in [-0.25, -0.2) is 14.5 Å². The molecule has 0 fully saturated rings. The Labute approximate surface area is 145 Å². The van der Waals surface area contributed by atoms with Crippen molar-refractivity contribution in [3.8, 4) is 11.6 Å². The fourth-order valence-electron chi connectivity index (χ4n) is 3.30. The van der Waals surface area contributed by atoms with Crippen molar-refractivity contribution in [1.82, 2.24) is 24.1 Å². The zero-order valence-electron chi connectivity index (χ0n) is 15.1. The van der Waals surface area contributed by atoms with Gasteiger partial charge >= 0.3 is 0 Å². The quantitative estimate of drug-likeness (QED) is 0.598. The summed E-state index contributed by atoms with van der Waals surface area (Å²) in [4.78, 5) is 10.8. The third kappa shape index (κ3) is 2.60. The van der Waals surface area contributed by atoms with E-state index in [1.54, 1.807) is 17.1 Å². The maximum absolute atomic E-state index is 5.43. The molecule has 0 atom stereocenters. The molecule has 0 spiro atoms. The molecule has 0 aromatic carbocycles. The SMILES string of the molecule is Cc1c(C)n(CCC[NH+](C)C)c2ncn3nc(-c4ccco4)nc3c12. The van der Waals surface area contributed by atoms with Gasteiger partial charge in [0.1, 0.15) is 12.0 Å². The van der Waals surface area contributed by atoms with Crippen LogP contribution in [0.2, 0.25) is 0 Å². The van der Waals surface area contributed by atoms with Crippen LogP contribution in [0.5, 0.6) is 0 Å². The highest BCUT2D eigenvalue weighted by atomic mass is 16.3. The van der Waals surface area contributed by atoms with E-state index in [2.05, 4.69) is 42.6 Å². The van der Waals surface area contributed by atoms with E-state index in [0.717, 1.165) is 36.2 Å². The number of quaternary nitrogens is 1. The number of fused-ring (bicyclic) bond motifs is 3. The molecule has 0 unspecified atom stereocenters. The van der Waals surface area contributed by atoms with E-state index in [9.17, 15) is 0 Å². The summed E-state index contributed by atoms with van der Waals surface area (Å²) in [6.45, 7) is 6.38. The zero-order chi connectivity index (χ0) is 17.6. The normalized spacial score (nSPS) is 12.0. The monoisotopic (exact) mass is 339 g/mol. The van der Waals surface area contributed by atoms with E-state index in [1.807, 2.05) is 12.1 Å². The molecular formula is C18H23N6O+. The minimum Gasteiger partial charge on any atom is -0.461 e. The van der Waals surface area contributed by atoms with Crippen molar-refractivity contribution in [2.24, 2.45) is 0 Å². The molecule has 4 heterocycles. The lowest BCUT2D eigenvalue weighted by molar-refractivity contribution is -0.858. The summed E-state index contributed by atoms with van der Waals surface area (Å²) >= 11 is 0. The summed E-state index contributed by atoms with van der Waals surface area (Å²) in [7, 11) is 4.36. The first-order valence-corrected chi connectivity index (χ1v) is 8.60. The Morgan fingerprint density at radius 3 is 2.76 bits per heavy atom. The average molecular weight is 339 g/mol. The first-order chi connectivity index (χ1) is 12.1. The second-order valence-electron chi connectivity index (χ2n) is 6.80. The number of aromatic nitrogens is 5. The van der Waals surface area contributed by atoms with Crippen molar-refractivity contribution in [3.05, 3.63) is 36.0 Å². The van der Waals surface area contributed by atoms with Crippen molar-refractivity contribution < 1.29 is 9.32 Å². The van der Waals surface area contributed by atoms with E-state index < -0.39 is 0 Å². The Kier molecular flexibility index (Phi) is 3.80. The first kappa shape index (κ1) is 15.8. The molecule has 0 aliphatic carbocycles. The van der Waals surface area contributed by atoms with Crippen LogP contribution in [0.1, 0.15) is 17.7 Å². The average Bonchev–Trinajstić information content (AvgIpc) is 3.28. The topological polar surface area (TPSA) is 65.6 Å². The van der Waals surface area contributed by atoms with Crippen LogP contribution in [-0.2, 0) is 6.54 Å². The number of nitrogens with one attached hydrogen (secondary N) is 1. The second-order valence-corrected chi connectivity index (χ2v) is 6.80. The molecule has 0 radical (unpaired) electrons. The van der Waals surface area contributed by atoms with Gasteiger partial charge in [0.05, 0.1) is 32.3 Å². The molecule has 4 aromatic rings. The molecule has 130 valence electrons. The molecule has 7 heteroatoms. The predicted octanol–water partition coefficient (Wildman–Crippen LogP) is 1.49. The summed E-state index contributed by atoms with van der Waals surface area (Å²) in [6.07, 6.45) is 4.49. The molecule has 0 aliphatic rings. The van der Waals surface area contributed by atoms with Crippen LogP contribution in [0.4, 0.5) is 0 Å². The lowest BCUT2D eigenvalue weighted by Gasteiger charge is -2.10. The maximum atomic E-state index is 5.43. The van der Waals surface area contributed by atoms with Crippen LogP contribution in [0.15, 0.2) is 29.1 Å². The number of aryl methyl sites for hydroxylation is 2. The van der Waals surface area contributed by atoms with E-state index in [4.69, 9.17) is 9.40 Å². The highest BCUT2D eigenvalue weighted by molar-refractivity contribution is 5.94.